The molecule has 2 aromatic heterocycles. The summed E-state index contributed by atoms with van der Waals surface area (Å²) in [7, 11) is 1.51. The van der Waals surface area contributed by atoms with Gasteiger partial charge in [0.25, 0.3) is 5.56 Å². The molecule has 1 atom stereocenters. The first-order valence-electron chi connectivity index (χ1n) is 9.07. The Kier molecular flexibility index (Phi) is 4.62. The molecule has 4 rings (SSSR count). The van der Waals surface area contributed by atoms with Crippen LogP contribution in [0, 0.1) is 0 Å². The fourth-order valence-corrected chi connectivity index (χ4v) is 3.29. The Morgan fingerprint density at radius 1 is 1.26 bits per heavy atom. The Balaban J connectivity index is 1.59. The van der Waals surface area contributed by atoms with Crippen LogP contribution < -0.4 is 10.3 Å². The maximum atomic E-state index is 12.8. The summed E-state index contributed by atoms with van der Waals surface area (Å²) in [5.74, 6) is 0.693. The van der Waals surface area contributed by atoms with Crippen LogP contribution in [0.25, 0.3) is 11.2 Å². The molecule has 0 saturated heterocycles. The van der Waals surface area contributed by atoms with Crippen LogP contribution in [0.1, 0.15) is 30.7 Å². The summed E-state index contributed by atoms with van der Waals surface area (Å²) in [5, 5.41) is 6.48. The first-order valence-corrected chi connectivity index (χ1v) is 9.07. The van der Waals surface area contributed by atoms with E-state index in [2.05, 4.69) is 32.2 Å². The van der Waals surface area contributed by atoms with Gasteiger partial charge in [-0.3, -0.25) is 14.4 Å². The number of aromatic amines is 1. The Labute approximate surface area is 156 Å². The number of aromatic nitrogens is 4. The van der Waals surface area contributed by atoms with Gasteiger partial charge in [-0.25, -0.2) is 4.98 Å². The molecule has 0 aliphatic carbocycles. The number of nitrogens with zero attached hydrogens (tertiary/aromatic N) is 5. The van der Waals surface area contributed by atoms with Crippen LogP contribution in [0.2, 0.25) is 0 Å². The van der Waals surface area contributed by atoms with Crippen molar-refractivity contribution in [3.63, 3.8) is 0 Å². The molecule has 0 amide bonds. The highest BCUT2D eigenvalue weighted by molar-refractivity contribution is 5.74. The third-order valence-corrected chi connectivity index (χ3v) is 4.60. The van der Waals surface area contributed by atoms with Crippen molar-refractivity contribution in [1.82, 2.24) is 24.5 Å². The third-order valence-electron chi connectivity index (χ3n) is 4.60. The standard InChI is InChI=1S/C19H22N6O2/c1-3-9-25-18(26)15-17(23-19(25)27-2)22-16(21-15)14-10-20-24(12-14)11-13-7-5-4-6-8-13/h4-8,10,14H,3,9,11-12H2,1-2H3,(H,21,22). The molecule has 1 aliphatic rings. The second-order valence-electron chi connectivity index (χ2n) is 6.58. The third kappa shape index (κ3) is 3.30. The first-order chi connectivity index (χ1) is 13.2. The van der Waals surface area contributed by atoms with E-state index in [1.165, 1.54) is 17.2 Å². The molecule has 0 spiro atoms. The molecule has 1 N–H and O–H groups in total. The topological polar surface area (TPSA) is 88.4 Å². The second kappa shape index (κ2) is 7.22. The lowest BCUT2D eigenvalue weighted by Crippen LogP contribution is -2.23. The van der Waals surface area contributed by atoms with Crippen molar-refractivity contribution < 1.29 is 4.74 Å². The summed E-state index contributed by atoms with van der Waals surface area (Å²) in [6.45, 7) is 4.00. The Morgan fingerprint density at radius 2 is 2.07 bits per heavy atom. The lowest BCUT2D eigenvalue weighted by Gasteiger charge is -2.15. The normalized spacial score (nSPS) is 16.4. The number of hydrazone groups is 1. The zero-order chi connectivity index (χ0) is 18.8. The lowest BCUT2D eigenvalue weighted by atomic mass is 10.1. The van der Waals surface area contributed by atoms with Crippen molar-refractivity contribution in [3.05, 3.63) is 52.1 Å². The van der Waals surface area contributed by atoms with Gasteiger partial charge in [0.15, 0.2) is 11.2 Å². The zero-order valence-electron chi connectivity index (χ0n) is 15.4. The molecule has 3 heterocycles. The van der Waals surface area contributed by atoms with Crippen LogP contribution in [0.5, 0.6) is 6.01 Å². The Morgan fingerprint density at radius 3 is 2.81 bits per heavy atom. The van der Waals surface area contributed by atoms with E-state index in [-0.39, 0.29) is 17.5 Å². The number of methoxy groups -OCH3 is 1. The van der Waals surface area contributed by atoms with Gasteiger partial charge in [-0.05, 0) is 12.0 Å². The average molecular weight is 366 g/mol. The highest BCUT2D eigenvalue weighted by atomic mass is 16.5. The lowest BCUT2D eigenvalue weighted by molar-refractivity contribution is 0.300. The Bertz CT molecular complexity index is 1020. The quantitative estimate of drug-likeness (QED) is 0.722. The molecule has 8 nitrogen and oxygen atoms in total. The fourth-order valence-electron chi connectivity index (χ4n) is 3.29. The minimum atomic E-state index is -0.159. The highest BCUT2D eigenvalue weighted by Crippen LogP contribution is 2.22. The molecule has 1 aromatic carbocycles. The average Bonchev–Trinajstić information content (AvgIpc) is 3.32. The molecule has 1 aliphatic heterocycles. The number of benzene rings is 1. The molecule has 0 fully saturated rings. The number of nitrogens with one attached hydrogen (secondary N) is 1. The van der Waals surface area contributed by atoms with Crippen LogP contribution >= 0.6 is 0 Å². The summed E-state index contributed by atoms with van der Waals surface area (Å²) < 4.78 is 6.80. The molecule has 3 aromatic rings. The number of H-pyrrole nitrogens is 1. The maximum absolute atomic E-state index is 12.8. The summed E-state index contributed by atoms with van der Waals surface area (Å²) in [4.78, 5) is 24.8. The van der Waals surface area contributed by atoms with Gasteiger partial charge < -0.3 is 9.72 Å². The minimum Gasteiger partial charge on any atom is -0.468 e. The molecular weight excluding hydrogens is 344 g/mol. The molecule has 27 heavy (non-hydrogen) atoms. The van der Waals surface area contributed by atoms with Crippen molar-refractivity contribution in [3.8, 4) is 6.01 Å². The summed E-state index contributed by atoms with van der Waals surface area (Å²) in [5.41, 5.74) is 1.84. The van der Waals surface area contributed by atoms with Crippen LogP contribution in [-0.2, 0) is 13.1 Å². The van der Waals surface area contributed by atoms with Gasteiger partial charge >= 0.3 is 6.01 Å². The number of fused-ring (bicyclic) bond motifs is 1. The first kappa shape index (κ1) is 17.3. The predicted molar refractivity (Wildman–Crippen MR) is 103 cm³/mol. The van der Waals surface area contributed by atoms with E-state index in [9.17, 15) is 4.79 Å². The smallest absolute Gasteiger partial charge is 0.301 e. The second-order valence-corrected chi connectivity index (χ2v) is 6.58. The molecule has 0 radical (unpaired) electrons. The van der Waals surface area contributed by atoms with E-state index in [4.69, 9.17) is 4.74 Å². The highest BCUT2D eigenvalue weighted by Gasteiger charge is 2.24. The number of imidazole rings is 1. The molecule has 140 valence electrons. The van der Waals surface area contributed by atoms with Gasteiger partial charge in [-0.2, -0.15) is 10.1 Å². The maximum Gasteiger partial charge on any atom is 0.301 e. The van der Waals surface area contributed by atoms with E-state index in [0.717, 1.165) is 13.0 Å². The van der Waals surface area contributed by atoms with Gasteiger partial charge in [-0.15, -0.1) is 0 Å². The van der Waals surface area contributed by atoms with Gasteiger partial charge in [0, 0.05) is 12.8 Å². The zero-order valence-corrected chi connectivity index (χ0v) is 15.4. The van der Waals surface area contributed by atoms with E-state index >= 15 is 0 Å². The fraction of sp³-hybridized carbons (Fsp3) is 0.368. The van der Waals surface area contributed by atoms with Crippen molar-refractivity contribution in [2.24, 2.45) is 5.10 Å². The van der Waals surface area contributed by atoms with Crippen molar-refractivity contribution >= 4 is 17.4 Å². The summed E-state index contributed by atoms with van der Waals surface area (Å²) in [6, 6.07) is 10.5. The molecular formula is C19H22N6O2. The van der Waals surface area contributed by atoms with Crippen molar-refractivity contribution in [2.45, 2.75) is 32.4 Å². The SMILES string of the molecule is CCCn1c(OC)nc2nc(C3C=NN(Cc4ccccc4)C3)[nH]c2c1=O. The van der Waals surface area contributed by atoms with Crippen molar-refractivity contribution in [2.75, 3.05) is 13.7 Å². The van der Waals surface area contributed by atoms with Crippen LogP contribution in [-0.4, -0.2) is 44.4 Å². The number of hydrogen-bond donors (Lipinski definition) is 1. The number of hydrogen-bond acceptors (Lipinski definition) is 6. The van der Waals surface area contributed by atoms with Crippen LogP contribution in [0.3, 0.4) is 0 Å². The van der Waals surface area contributed by atoms with Gasteiger partial charge in [0.2, 0.25) is 0 Å². The largest absolute Gasteiger partial charge is 0.468 e. The predicted octanol–water partition coefficient (Wildman–Crippen LogP) is 2.12. The molecule has 1 unspecified atom stereocenters. The molecule has 0 bridgehead atoms. The van der Waals surface area contributed by atoms with Crippen LogP contribution in [0.4, 0.5) is 0 Å². The van der Waals surface area contributed by atoms with E-state index in [1.807, 2.05) is 36.3 Å². The number of rotatable bonds is 6. The van der Waals surface area contributed by atoms with Gasteiger partial charge in [0.05, 0.1) is 26.1 Å². The van der Waals surface area contributed by atoms with E-state index in [0.29, 0.717) is 30.1 Å². The van der Waals surface area contributed by atoms with Crippen LogP contribution in [0.15, 0.2) is 40.2 Å². The molecule has 0 saturated carbocycles. The van der Waals surface area contributed by atoms with Crippen molar-refractivity contribution in [1.29, 1.82) is 0 Å². The van der Waals surface area contributed by atoms with Gasteiger partial charge in [-0.1, -0.05) is 37.3 Å². The monoisotopic (exact) mass is 366 g/mol. The summed E-state index contributed by atoms with van der Waals surface area (Å²) in [6.07, 6.45) is 2.68. The summed E-state index contributed by atoms with van der Waals surface area (Å²) >= 11 is 0. The Hall–Kier alpha value is -3.16. The van der Waals surface area contributed by atoms with Gasteiger partial charge in [0.1, 0.15) is 5.82 Å². The number of ether oxygens (including phenoxy) is 1. The van der Waals surface area contributed by atoms with E-state index in [1.54, 1.807) is 0 Å². The van der Waals surface area contributed by atoms with E-state index < -0.39 is 0 Å². The molecule has 8 heteroatoms. The minimum absolute atomic E-state index is 0.00654.